The second-order valence-corrected chi connectivity index (χ2v) is 5.88. The van der Waals surface area contributed by atoms with Gasteiger partial charge in [-0.3, -0.25) is 4.79 Å². The zero-order valence-electron chi connectivity index (χ0n) is 15.9. The van der Waals surface area contributed by atoms with Gasteiger partial charge in [0.15, 0.2) is 23.7 Å². The van der Waals surface area contributed by atoms with Crippen molar-refractivity contribution in [3.63, 3.8) is 0 Å². The van der Waals surface area contributed by atoms with Crippen LogP contribution in [0.1, 0.15) is 22.0 Å². The SMILES string of the molecule is COc1cc(OC)c2c(c1)O[C@H](c1ccc(OC)c(OC)c1)[C@@H](OC)C2=O. The molecule has 3 rings (SSSR count). The summed E-state index contributed by atoms with van der Waals surface area (Å²) in [6.45, 7) is 0. The average molecular weight is 374 g/mol. The van der Waals surface area contributed by atoms with Crippen LogP contribution in [0.25, 0.3) is 0 Å². The van der Waals surface area contributed by atoms with E-state index < -0.39 is 12.2 Å². The Labute approximate surface area is 157 Å². The van der Waals surface area contributed by atoms with Gasteiger partial charge in [0.1, 0.15) is 22.8 Å². The molecule has 0 bridgehead atoms. The van der Waals surface area contributed by atoms with Crippen LogP contribution in [0.2, 0.25) is 0 Å². The number of hydrogen-bond donors (Lipinski definition) is 0. The Morgan fingerprint density at radius 1 is 0.815 bits per heavy atom. The summed E-state index contributed by atoms with van der Waals surface area (Å²) >= 11 is 0. The van der Waals surface area contributed by atoms with Gasteiger partial charge in [0.05, 0.1) is 28.4 Å². The van der Waals surface area contributed by atoms with E-state index in [-0.39, 0.29) is 5.78 Å². The van der Waals surface area contributed by atoms with Crippen LogP contribution in [0.5, 0.6) is 28.7 Å². The first kappa shape index (κ1) is 18.8. The van der Waals surface area contributed by atoms with Gasteiger partial charge in [-0.25, -0.2) is 0 Å². The molecule has 0 aliphatic carbocycles. The molecule has 0 N–H and O–H groups in total. The molecule has 0 unspecified atom stereocenters. The van der Waals surface area contributed by atoms with Gasteiger partial charge in [-0.15, -0.1) is 0 Å². The summed E-state index contributed by atoms with van der Waals surface area (Å²) < 4.78 is 32.9. The van der Waals surface area contributed by atoms with Gasteiger partial charge >= 0.3 is 0 Å². The first-order valence-corrected chi connectivity index (χ1v) is 8.29. The smallest absolute Gasteiger partial charge is 0.203 e. The lowest BCUT2D eigenvalue weighted by Gasteiger charge is -2.33. The molecule has 0 spiro atoms. The number of hydrogen-bond acceptors (Lipinski definition) is 7. The highest BCUT2D eigenvalue weighted by molar-refractivity contribution is 6.06. The maximum atomic E-state index is 13.1. The maximum absolute atomic E-state index is 13.1. The molecular weight excluding hydrogens is 352 g/mol. The molecular formula is C20H22O7. The van der Waals surface area contributed by atoms with Gasteiger partial charge < -0.3 is 28.4 Å². The Kier molecular flexibility index (Phi) is 5.41. The fourth-order valence-corrected chi connectivity index (χ4v) is 3.16. The van der Waals surface area contributed by atoms with Crippen LogP contribution in [0.15, 0.2) is 30.3 Å². The second-order valence-electron chi connectivity index (χ2n) is 5.88. The predicted molar refractivity (Wildman–Crippen MR) is 97.6 cm³/mol. The van der Waals surface area contributed by atoms with Crippen molar-refractivity contribution in [1.29, 1.82) is 0 Å². The molecule has 0 amide bonds. The van der Waals surface area contributed by atoms with Crippen LogP contribution in [-0.2, 0) is 4.74 Å². The average Bonchev–Trinajstić information content (AvgIpc) is 2.71. The van der Waals surface area contributed by atoms with E-state index in [0.29, 0.717) is 34.3 Å². The molecule has 27 heavy (non-hydrogen) atoms. The molecule has 1 aliphatic rings. The molecule has 7 nitrogen and oxygen atoms in total. The maximum Gasteiger partial charge on any atom is 0.203 e. The molecule has 144 valence electrons. The lowest BCUT2D eigenvalue weighted by atomic mass is 9.92. The highest BCUT2D eigenvalue weighted by Gasteiger charge is 2.41. The summed E-state index contributed by atoms with van der Waals surface area (Å²) in [4.78, 5) is 13.1. The molecule has 0 saturated heterocycles. The van der Waals surface area contributed by atoms with Crippen LogP contribution in [0.3, 0.4) is 0 Å². The predicted octanol–water partition coefficient (Wildman–Crippen LogP) is 3.05. The number of ketones is 1. The number of benzene rings is 2. The van der Waals surface area contributed by atoms with Crippen molar-refractivity contribution < 1.29 is 33.2 Å². The molecule has 1 heterocycles. The molecule has 1 aliphatic heterocycles. The van der Waals surface area contributed by atoms with E-state index in [1.165, 1.54) is 21.3 Å². The minimum Gasteiger partial charge on any atom is -0.496 e. The summed E-state index contributed by atoms with van der Waals surface area (Å²) in [5, 5.41) is 0. The zero-order valence-corrected chi connectivity index (χ0v) is 15.9. The summed E-state index contributed by atoms with van der Waals surface area (Å²) in [7, 11) is 7.61. The van der Waals surface area contributed by atoms with E-state index in [4.69, 9.17) is 28.4 Å². The molecule has 0 radical (unpaired) electrons. The molecule has 7 heteroatoms. The van der Waals surface area contributed by atoms with Crippen molar-refractivity contribution in [3.05, 3.63) is 41.5 Å². The van der Waals surface area contributed by atoms with E-state index in [1.807, 2.05) is 6.07 Å². The third-order valence-electron chi connectivity index (χ3n) is 4.52. The van der Waals surface area contributed by atoms with Crippen molar-refractivity contribution in [2.45, 2.75) is 12.2 Å². The summed E-state index contributed by atoms with van der Waals surface area (Å²) in [6, 6.07) is 8.65. The topological polar surface area (TPSA) is 72.5 Å². The summed E-state index contributed by atoms with van der Waals surface area (Å²) in [5.41, 5.74) is 1.06. The third-order valence-corrected chi connectivity index (χ3v) is 4.52. The zero-order chi connectivity index (χ0) is 19.6. The molecule has 0 saturated carbocycles. The van der Waals surface area contributed by atoms with Crippen molar-refractivity contribution >= 4 is 5.78 Å². The number of fused-ring (bicyclic) bond motifs is 1. The number of rotatable bonds is 6. The molecule has 0 fully saturated rings. The third kappa shape index (κ3) is 3.26. The Bertz CT molecular complexity index is 846. The van der Waals surface area contributed by atoms with Crippen molar-refractivity contribution in [2.24, 2.45) is 0 Å². The van der Waals surface area contributed by atoms with E-state index in [2.05, 4.69) is 0 Å². The van der Waals surface area contributed by atoms with Crippen LogP contribution in [0.4, 0.5) is 0 Å². The minimum atomic E-state index is -0.835. The monoisotopic (exact) mass is 374 g/mol. The van der Waals surface area contributed by atoms with Gasteiger partial charge in [0.25, 0.3) is 0 Å². The lowest BCUT2D eigenvalue weighted by Crippen LogP contribution is -2.38. The van der Waals surface area contributed by atoms with E-state index in [9.17, 15) is 4.79 Å². The molecule has 2 aromatic carbocycles. The van der Waals surface area contributed by atoms with Crippen molar-refractivity contribution in [3.8, 4) is 28.7 Å². The van der Waals surface area contributed by atoms with Gasteiger partial charge in [-0.1, -0.05) is 6.07 Å². The van der Waals surface area contributed by atoms with E-state index >= 15 is 0 Å². The highest BCUT2D eigenvalue weighted by atomic mass is 16.5. The Morgan fingerprint density at radius 3 is 2.11 bits per heavy atom. The largest absolute Gasteiger partial charge is 0.496 e. The normalized spacial score (nSPS) is 18.3. The van der Waals surface area contributed by atoms with Crippen molar-refractivity contribution in [1.82, 2.24) is 0 Å². The summed E-state index contributed by atoms with van der Waals surface area (Å²) in [5.74, 6) is 2.18. The second kappa shape index (κ2) is 7.75. The van der Waals surface area contributed by atoms with Gasteiger partial charge in [-0.05, 0) is 17.7 Å². The number of carbonyl (C=O) groups is 1. The Morgan fingerprint density at radius 2 is 1.52 bits per heavy atom. The van der Waals surface area contributed by atoms with Gasteiger partial charge in [0, 0.05) is 19.2 Å². The first-order valence-electron chi connectivity index (χ1n) is 8.29. The Balaban J connectivity index is 2.10. The number of Topliss-reactive ketones (excluding diaryl/α,β-unsaturated/α-hetero) is 1. The molecule has 0 aromatic heterocycles. The fraction of sp³-hybridized carbons (Fsp3) is 0.350. The minimum absolute atomic E-state index is 0.224. The van der Waals surface area contributed by atoms with Gasteiger partial charge in [-0.2, -0.15) is 0 Å². The number of methoxy groups -OCH3 is 5. The van der Waals surface area contributed by atoms with E-state index in [1.54, 1.807) is 38.5 Å². The Hall–Kier alpha value is -2.93. The summed E-state index contributed by atoms with van der Waals surface area (Å²) in [6.07, 6.45) is -1.50. The fourth-order valence-electron chi connectivity index (χ4n) is 3.16. The van der Waals surface area contributed by atoms with Crippen LogP contribution in [-0.4, -0.2) is 47.4 Å². The molecule has 2 atom stereocenters. The quantitative estimate of drug-likeness (QED) is 0.769. The van der Waals surface area contributed by atoms with E-state index in [0.717, 1.165) is 5.56 Å². The van der Waals surface area contributed by atoms with Crippen LogP contribution < -0.4 is 23.7 Å². The van der Waals surface area contributed by atoms with Crippen LogP contribution >= 0.6 is 0 Å². The van der Waals surface area contributed by atoms with Gasteiger partial charge in [0.2, 0.25) is 5.78 Å². The van der Waals surface area contributed by atoms with Crippen LogP contribution in [0, 0.1) is 0 Å². The first-order chi connectivity index (χ1) is 13.1. The number of carbonyl (C=O) groups excluding carboxylic acids is 1. The van der Waals surface area contributed by atoms with Crippen molar-refractivity contribution in [2.75, 3.05) is 35.5 Å². The lowest BCUT2D eigenvalue weighted by molar-refractivity contribution is -0.00117. The number of ether oxygens (including phenoxy) is 6. The molecule has 2 aromatic rings. The standard InChI is InChI=1S/C20H22O7/c1-22-12-9-15(25-4)17-16(10-12)27-19(20(26-5)18(17)21)11-6-7-13(23-2)14(8-11)24-3/h6-10,19-20H,1-5H3/t19-,20+/m1/s1. The highest BCUT2D eigenvalue weighted by Crippen LogP contribution is 2.44.